The zero-order chi connectivity index (χ0) is 24.5. The highest BCUT2D eigenvalue weighted by molar-refractivity contribution is 7.92. The summed E-state index contributed by atoms with van der Waals surface area (Å²) >= 11 is 1.45. The van der Waals surface area contributed by atoms with E-state index in [0.717, 1.165) is 10.7 Å². The maximum atomic E-state index is 13.0. The molecule has 0 aliphatic rings. The molecule has 0 radical (unpaired) electrons. The molecule has 4 aromatic rings. The van der Waals surface area contributed by atoms with Crippen molar-refractivity contribution in [1.82, 2.24) is 19.7 Å². The van der Waals surface area contributed by atoms with Crippen LogP contribution in [0.1, 0.15) is 26.8 Å². The molecule has 0 saturated carbocycles. The van der Waals surface area contributed by atoms with Crippen LogP contribution in [0.25, 0.3) is 5.69 Å². The first kappa shape index (κ1) is 23.5. The molecular formula is C23H23N5O4S2. The predicted molar refractivity (Wildman–Crippen MR) is 131 cm³/mol. The fourth-order valence-corrected chi connectivity index (χ4v) is 5.23. The highest BCUT2D eigenvalue weighted by Crippen LogP contribution is 2.19. The van der Waals surface area contributed by atoms with Gasteiger partial charge in [-0.3, -0.25) is 19.0 Å². The van der Waals surface area contributed by atoms with E-state index in [1.165, 1.54) is 40.3 Å². The van der Waals surface area contributed by atoms with Crippen LogP contribution in [-0.4, -0.2) is 28.7 Å². The van der Waals surface area contributed by atoms with Gasteiger partial charge < -0.3 is 5.32 Å². The number of thiazole rings is 1. The molecule has 0 aliphatic carbocycles. The van der Waals surface area contributed by atoms with Crippen LogP contribution in [0.15, 0.2) is 69.7 Å². The fraction of sp³-hybridized carbons (Fsp3) is 0.174. The van der Waals surface area contributed by atoms with E-state index < -0.39 is 15.6 Å². The number of anilines is 1. The second kappa shape index (κ2) is 9.27. The second-order valence-corrected chi connectivity index (χ2v) is 10.3. The summed E-state index contributed by atoms with van der Waals surface area (Å²) < 4.78 is 31.4. The summed E-state index contributed by atoms with van der Waals surface area (Å²) in [6.07, 6.45) is 0. The molecule has 0 fully saturated rings. The Bertz CT molecular complexity index is 1500. The van der Waals surface area contributed by atoms with Crippen molar-refractivity contribution in [2.45, 2.75) is 25.3 Å². The van der Waals surface area contributed by atoms with Crippen LogP contribution in [-0.2, 0) is 23.6 Å². The van der Waals surface area contributed by atoms with Gasteiger partial charge in [0.25, 0.3) is 21.5 Å². The molecular weight excluding hydrogens is 474 g/mol. The summed E-state index contributed by atoms with van der Waals surface area (Å²) in [4.78, 5) is 29.6. The normalized spacial score (nSPS) is 11.4. The Morgan fingerprint density at radius 1 is 1.06 bits per heavy atom. The maximum absolute atomic E-state index is 13.0. The smallest absolute Gasteiger partial charge is 0.296 e. The van der Waals surface area contributed by atoms with Crippen molar-refractivity contribution in [2.24, 2.45) is 7.05 Å². The standard InChI is InChI=1S/C23H23N5O4S2/c1-15-14-33-20(25-15)13-24-22(29)17-9-11-19(12-10-17)34(31,32)26-21-16(2)27(3)28(23(21)30)18-7-5-4-6-8-18/h4-12,14,26H,13H2,1-3H3,(H,24,29). The lowest BCUT2D eigenvalue weighted by molar-refractivity contribution is 0.0950. The van der Waals surface area contributed by atoms with Gasteiger partial charge >= 0.3 is 0 Å². The Labute approximate surface area is 200 Å². The van der Waals surface area contributed by atoms with Crippen LogP contribution in [0.3, 0.4) is 0 Å². The number of amides is 1. The number of nitrogens with zero attached hydrogens (tertiary/aromatic N) is 3. The minimum absolute atomic E-state index is 0.0353. The van der Waals surface area contributed by atoms with Gasteiger partial charge in [-0.25, -0.2) is 18.1 Å². The number of hydrogen-bond acceptors (Lipinski definition) is 6. The number of carbonyl (C=O) groups excluding carboxylic acids is 1. The Kier molecular flexibility index (Phi) is 6.40. The molecule has 0 unspecified atom stereocenters. The Balaban J connectivity index is 1.53. The third-order valence-corrected chi connectivity index (χ3v) is 7.62. The number of aryl methyl sites for hydroxylation is 1. The largest absolute Gasteiger partial charge is 0.346 e. The molecule has 2 heterocycles. The molecule has 9 nitrogen and oxygen atoms in total. The molecule has 2 aromatic carbocycles. The van der Waals surface area contributed by atoms with Gasteiger partial charge in [0.15, 0.2) is 0 Å². The van der Waals surface area contributed by atoms with E-state index >= 15 is 0 Å². The quantitative estimate of drug-likeness (QED) is 0.407. The van der Waals surface area contributed by atoms with E-state index in [-0.39, 0.29) is 16.5 Å². The zero-order valence-electron chi connectivity index (χ0n) is 18.8. The first-order valence-corrected chi connectivity index (χ1v) is 12.7. The number of benzene rings is 2. The molecule has 11 heteroatoms. The van der Waals surface area contributed by atoms with Crippen molar-refractivity contribution in [3.05, 3.63) is 92.3 Å². The molecule has 2 N–H and O–H groups in total. The highest BCUT2D eigenvalue weighted by Gasteiger charge is 2.22. The van der Waals surface area contributed by atoms with E-state index in [1.807, 2.05) is 18.4 Å². The molecule has 0 saturated heterocycles. The lowest BCUT2D eigenvalue weighted by atomic mass is 10.2. The van der Waals surface area contributed by atoms with Gasteiger partial charge in [-0.15, -0.1) is 11.3 Å². The average Bonchev–Trinajstić information content (AvgIpc) is 3.34. The predicted octanol–water partition coefficient (Wildman–Crippen LogP) is 2.98. The molecule has 0 atom stereocenters. The highest BCUT2D eigenvalue weighted by atomic mass is 32.2. The van der Waals surface area contributed by atoms with Crippen LogP contribution < -0.4 is 15.6 Å². The Morgan fingerprint density at radius 3 is 2.35 bits per heavy atom. The molecule has 0 bridgehead atoms. The van der Waals surface area contributed by atoms with E-state index in [4.69, 9.17) is 0 Å². The molecule has 34 heavy (non-hydrogen) atoms. The number of carbonyl (C=O) groups is 1. The fourth-order valence-electron chi connectivity index (χ4n) is 3.41. The number of hydrogen-bond donors (Lipinski definition) is 2. The third-order valence-electron chi connectivity index (χ3n) is 5.28. The van der Waals surface area contributed by atoms with Gasteiger partial charge in [0.05, 0.1) is 22.8 Å². The maximum Gasteiger partial charge on any atom is 0.296 e. The summed E-state index contributed by atoms with van der Waals surface area (Å²) in [5.74, 6) is -0.339. The summed E-state index contributed by atoms with van der Waals surface area (Å²) in [7, 11) is -2.37. The third kappa shape index (κ3) is 4.66. The first-order valence-electron chi connectivity index (χ1n) is 10.3. The lowest BCUT2D eigenvalue weighted by Gasteiger charge is -2.08. The first-order chi connectivity index (χ1) is 16.2. The van der Waals surface area contributed by atoms with Crippen molar-refractivity contribution in [1.29, 1.82) is 0 Å². The number of rotatable bonds is 7. The molecule has 4 rings (SSSR count). The van der Waals surface area contributed by atoms with Crippen molar-refractivity contribution >= 4 is 33.0 Å². The average molecular weight is 498 g/mol. The molecule has 2 aromatic heterocycles. The van der Waals surface area contributed by atoms with E-state index in [9.17, 15) is 18.0 Å². The van der Waals surface area contributed by atoms with Crippen LogP contribution in [0, 0.1) is 13.8 Å². The van der Waals surface area contributed by atoms with E-state index in [0.29, 0.717) is 23.5 Å². The molecule has 0 aliphatic heterocycles. The topological polar surface area (TPSA) is 115 Å². The summed E-state index contributed by atoms with van der Waals surface area (Å²) in [6, 6.07) is 14.5. The number of para-hydroxylation sites is 1. The van der Waals surface area contributed by atoms with E-state index in [2.05, 4.69) is 15.0 Å². The van der Waals surface area contributed by atoms with Gasteiger partial charge in [-0.05, 0) is 50.2 Å². The number of sulfonamides is 1. The summed E-state index contributed by atoms with van der Waals surface area (Å²) in [5.41, 5.74) is 1.77. The summed E-state index contributed by atoms with van der Waals surface area (Å²) in [6.45, 7) is 3.83. The minimum atomic E-state index is -4.06. The van der Waals surface area contributed by atoms with Crippen molar-refractivity contribution in [3.63, 3.8) is 0 Å². The van der Waals surface area contributed by atoms with Gasteiger partial charge in [0.1, 0.15) is 10.7 Å². The van der Waals surface area contributed by atoms with Gasteiger partial charge in [0.2, 0.25) is 0 Å². The molecule has 176 valence electrons. The Hall–Kier alpha value is -3.70. The minimum Gasteiger partial charge on any atom is -0.346 e. The molecule has 1 amide bonds. The van der Waals surface area contributed by atoms with Crippen molar-refractivity contribution < 1.29 is 13.2 Å². The number of aromatic nitrogens is 3. The van der Waals surface area contributed by atoms with Gasteiger partial charge in [-0.1, -0.05) is 18.2 Å². The monoisotopic (exact) mass is 497 g/mol. The lowest BCUT2D eigenvalue weighted by Crippen LogP contribution is -2.24. The van der Waals surface area contributed by atoms with Crippen LogP contribution in [0.5, 0.6) is 0 Å². The van der Waals surface area contributed by atoms with Crippen LogP contribution >= 0.6 is 11.3 Å². The van der Waals surface area contributed by atoms with Crippen LogP contribution in [0.2, 0.25) is 0 Å². The zero-order valence-corrected chi connectivity index (χ0v) is 20.4. The van der Waals surface area contributed by atoms with Crippen molar-refractivity contribution in [3.8, 4) is 5.69 Å². The SMILES string of the molecule is Cc1csc(CNC(=O)c2ccc(S(=O)(=O)Nc3c(C)n(C)n(-c4ccccc4)c3=O)cc2)n1. The van der Waals surface area contributed by atoms with Gasteiger partial charge in [0, 0.05) is 23.7 Å². The molecule has 0 spiro atoms. The Morgan fingerprint density at radius 2 is 1.74 bits per heavy atom. The van der Waals surface area contributed by atoms with Crippen molar-refractivity contribution in [2.75, 3.05) is 4.72 Å². The number of nitrogens with one attached hydrogen (secondary N) is 2. The van der Waals surface area contributed by atoms with Crippen LogP contribution in [0.4, 0.5) is 5.69 Å². The summed E-state index contributed by atoms with van der Waals surface area (Å²) in [5, 5.41) is 5.45. The second-order valence-electron chi connectivity index (χ2n) is 7.63. The van der Waals surface area contributed by atoms with E-state index in [1.54, 1.807) is 42.9 Å². The van der Waals surface area contributed by atoms with Gasteiger partial charge in [-0.2, -0.15) is 0 Å².